The maximum absolute atomic E-state index is 12.4. The Bertz CT molecular complexity index is 432. The van der Waals surface area contributed by atoms with E-state index in [1.807, 2.05) is 38.1 Å². The Labute approximate surface area is 108 Å². The van der Waals surface area contributed by atoms with Crippen molar-refractivity contribution in [3.63, 3.8) is 0 Å². The highest BCUT2D eigenvalue weighted by atomic mass is 16.3. The van der Waals surface area contributed by atoms with Gasteiger partial charge < -0.3 is 15.3 Å². The van der Waals surface area contributed by atoms with Crippen LogP contribution in [-0.4, -0.2) is 41.1 Å². The molecule has 0 spiro atoms. The molecule has 2 N–H and O–H groups in total. The monoisotopic (exact) mass is 248 g/mol. The zero-order chi connectivity index (χ0) is 13.3. The van der Waals surface area contributed by atoms with Gasteiger partial charge >= 0.3 is 0 Å². The zero-order valence-electron chi connectivity index (χ0n) is 11.1. The van der Waals surface area contributed by atoms with Crippen LogP contribution in [0.3, 0.4) is 0 Å². The molecule has 0 saturated carbocycles. The molecular weight excluding hydrogens is 228 g/mol. The van der Waals surface area contributed by atoms with Gasteiger partial charge in [-0.15, -0.1) is 0 Å². The van der Waals surface area contributed by atoms with Gasteiger partial charge in [-0.2, -0.15) is 0 Å². The highest BCUT2D eigenvalue weighted by molar-refractivity contribution is 5.87. The predicted octanol–water partition coefficient (Wildman–Crippen LogP) is 1.25. The van der Waals surface area contributed by atoms with Crippen molar-refractivity contribution in [3.8, 4) is 0 Å². The molecule has 0 aromatic heterocycles. The summed E-state index contributed by atoms with van der Waals surface area (Å²) in [5, 5.41) is 12.6. The number of anilines is 1. The minimum absolute atomic E-state index is 0.0188. The standard InChI is InChI=1S/C14H20N2O2/c1-14(2,9-17)16(3)13(18)12-8-10-6-4-5-7-11(10)15-12/h4-7,12,15,17H,8-9H2,1-3H3/t12-/m0/s1. The number of rotatable bonds is 3. The van der Waals surface area contributed by atoms with E-state index in [9.17, 15) is 9.90 Å². The number of hydrogen-bond acceptors (Lipinski definition) is 3. The van der Waals surface area contributed by atoms with E-state index < -0.39 is 5.54 Å². The molecule has 98 valence electrons. The van der Waals surface area contributed by atoms with Crippen LogP contribution < -0.4 is 5.32 Å². The number of amides is 1. The summed E-state index contributed by atoms with van der Waals surface area (Å²) in [7, 11) is 1.74. The lowest BCUT2D eigenvalue weighted by molar-refractivity contribution is -0.136. The molecule has 2 rings (SSSR count). The Morgan fingerprint density at radius 3 is 2.78 bits per heavy atom. The summed E-state index contributed by atoms with van der Waals surface area (Å²) >= 11 is 0. The summed E-state index contributed by atoms with van der Waals surface area (Å²) in [5.74, 6) is 0.0188. The molecule has 0 aliphatic carbocycles. The molecule has 1 aromatic carbocycles. The summed E-state index contributed by atoms with van der Waals surface area (Å²) in [4.78, 5) is 14.0. The first-order chi connectivity index (χ1) is 8.45. The summed E-state index contributed by atoms with van der Waals surface area (Å²) < 4.78 is 0. The maximum atomic E-state index is 12.4. The van der Waals surface area contributed by atoms with E-state index in [1.165, 1.54) is 5.56 Å². The lowest BCUT2D eigenvalue weighted by Gasteiger charge is -2.35. The second-order valence-corrected chi connectivity index (χ2v) is 5.43. The molecule has 1 aliphatic heterocycles. The minimum atomic E-state index is -0.534. The third-order valence-electron chi connectivity index (χ3n) is 3.69. The number of aliphatic hydroxyl groups is 1. The zero-order valence-corrected chi connectivity index (χ0v) is 11.1. The number of likely N-dealkylation sites (N-methyl/N-ethyl adjacent to an activating group) is 1. The molecule has 0 bridgehead atoms. The molecule has 1 atom stereocenters. The molecule has 1 aliphatic rings. The van der Waals surface area contributed by atoms with E-state index >= 15 is 0 Å². The van der Waals surface area contributed by atoms with E-state index in [4.69, 9.17) is 0 Å². The van der Waals surface area contributed by atoms with Gasteiger partial charge in [-0.1, -0.05) is 18.2 Å². The second kappa shape index (κ2) is 4.61. The highest BCUT2D eigenvalue weighted by Crippen LogP contribution is 2.27. The second-order valence-electron chi connectivity index (χ2n) is 5.43. The first-order valence-corrected chi connectivity index (χ1v) is 6.18. The number of aliphatic hydroxyl groups excluding tert-OH is 1. The number of carbonyl (C=O) groups excluding carboxylic acids is 1. The van der Waals surface area contributed by atoms with Gasteiger partial charge in [-0.25, -0.2) is 0 Å². The van der Waals surface area contributed by atoms with Gasteiger partial charge in [0.05, 0.1) is 12.1 Å². The topological polar surface area (TPSA) is 52.6 Å². The van der Waals surface area contributed by atoms with Gasteiger partial charge in [0, 0.05) is 19.2 Å². The van der Waals surface area contributed by atoms with Crippen LogP contribution in [0.2, 0.25) is 0 Å². The van der Waals surface area contributed by atoms with E-state index in [0.717, 1.165) is 5.69 Å². The Balaban J connectivity index is 2.10. The normalized spacial score (nSPS) is 18.1. The van der Waals surface area contributed by atoms with Crippen molar-refractivity contribution in [3.05, 3.63) is 29.8 Å². The SMILES string of the molecule is CN(C(=O)[C@@H]1Cc2ccccc2N1)C(C)(C)CO. The van der Waals surface area contributed by atoms with Gasteiger partial charge in [0.15, 0.2) is 0 Å². The molecule has 18 heavy (non-hydrogen) atoms. The molecular formula is C14H20N2O2. The minimum Gasteiger partial charge on any atom is -0.394 e. The van der Waals surface area contributed by atoms with Crippen LogP contribution in [0.5, 0.6) is 0 Å². The van der Waals surface area contributed by atoms with Crippen LogP contribution in [-0.2, 0) is 11.2 Å². The Hall–Kier alpha value is -1.55. The lowest BCUT2D eigenvalue weighted by Crippen LogP contribution is -2.52. The number of hydrogen-bond donors (Lipinski definition) is 2. The van der Waals surface area contributed by atoms with Crippen LogP contribution in [0.25, 0.3) is 0 Å². The van der Waals surface area contributed by atoms with Crippen molar-refractivity contribution in [2.45, 2.75) is 31.8 Å². The van der Waals surface area contributed by atoms with Crippen LogP contribution >= 0.6 is 0 Å². The van der Waals surface area contributed by atoms with E-state index in [2.05, 4.69) is 5.32 Å². The van der Waals surface area contributed by atoms with Crippen LogP contribution in [0.15, 0.2) is 24.3 Å². The molecule has 0 radical (unpaired) electrons. The molecule has 1 heterocycles. The van der Waals surface area contributed by atoms with Crippen molar-refractivity contribution in [1.29, 1.82) is 0 Å². The number of fused-ring (bicyclic) bond motifs is 1. The summed E-state index contributed by atoms with van der Waals surface area (Å²) in [6.45, 7) is 3.66. The Morgan fingerprint density at radius 1 is 1.50 bits per heavy atom. The van der Waals surface area contributed by atoms with Gasteiger partial charge in [0.2, 0.25) is 5.91 Å². The Kier molecular flexibility index (Phi) is 3.30. The van der Waals surface area contributed by atoms with Gasteiger partial charge in [-0.05, 0) is 25.5 Å². The Morgan fingerprint density at radius 2 is 2.17 bits per heavy atom. The molecule has 1 aromatic rings. The first kappa shape index (κ1) is 12.9. The number of benzene rings is 1. The van der Waals surface area contributed by atoms with Crippen molar-refractivity contribution in [2.75, 3.05) is 19.0 Å². The van der Waals surface area contributed by atoms with Gasteiger partial charge in [-0.3, -0.25) is 4.79 Å². The summed E-state index contributed by atoms with van der Waals surface area (Å²) in [6, 6.07) is 7.74. The number of nitrogens with one attached hydrogen (secondary N) is 1. The van der Waals surface area contributed by atoms with E-state index in [0.29, 0.717) is 6.42 Å². The molecule has 1 amide bonds. The quantitative estimate of drug-likeness (QED) is 0.846. The summed E-state index contributed by atoms with van der Waals surface area (Å²) in [6.07, 6.45) is 0.709. The fourth-order valence-electron chi connectivity index (χ4n) is 2.08. The van der Waals surface area contributed by atoms with Crippen molar-refractivity contribution in [2.24, 2.45) is 0 Å². The molecule has 0 fully saturated rings. The fraction of sp³-hybridized carbons (Fsp3) is 0.500. The number of carbonyl (C=O) groups is 1. The van der Waals surface area contributed by atoms with Crippen LogP contribution in [0, 0.1) is 0 Å². The van der Waals surface area contributed by atoms with Gasteiger partial charge in [0.1, 0.15) is 6.04 Å². The van der Waals surface area contributed by atoms with E-state index in [1.54, 1.807) is 11.9 Å². The van der Waals surface area contributed by atoms with Crippen molar-refractivity contribution >= 4 is 11.6 Å². The molecule has 0 saturated heterocycles. The van der Waals surface area contributed by atoms with E-state index in [-0.39, 0.29) is 18.6 Å². The average Bonchev–Trinajstić information content (AvgIpc) is 2.80. The van der Waals surface area contributed by atoms with Crippen molar-refractivity contribution in [1.82, 2.24) is 4.90 Å². The smallest absolute Gasteiger partial charge is 0.245 e. The predicted molar refractivity (Wildman–Crippen MR) is 71.5 cm³/mol. The maximum Gasteiger partial charge on any atom is 0.245 e. The first-order valence-electron chi connectivity index (χ1n) is 6.18. The molecule has 0 unspecified atom stereocenters. The van der Waals surface area contributed by atoms with Crippen LogP contribution in [0.4, 0.5) is 5.69 Å². The van der Waals surface area contributed by atoms with Gasteiger partial charge in [0.25, 0.3) is 0 Å². The number of nitrogens with zero attached hydrogens (tertiary/aromatic N) is 1. The fourth-order valence-corrected chi connectivity index (χ4v) is 2.08. The lowest BCUT2D eigenvalue weighted by atomic mass is 10.0. The molecule has 4 heteroatoms. The molecule has 4 nitrogen and oxygen atoms in total. The van der Waals surface area contributed by atoms with Crippen LogP contribution in [0.1, 0.15) is 19.4 Å². The summed E-state index contributed by atoms with van der Waals surface area (Å²) in [5.41, 5.74) is 1.67. The third-order valence-corrected chi connectivity index (χ3v) is 3.69. The highest BCUT2D eigenvalue weighted by Gasteiger charge is 2.34. The average molecular weight is 248 g/mol. The number of para-hydroxylation sites is 1. The third kappa shape index (κ3) is 2.20. The van der Waals surface area contributed by atoms with Crippen molar-refractivity contribution < 1.29 is 9.90 Å². The largest absolute Gasteiger partial charge is 0.394 e.